The van der Waals surface area contributed by atoms with Gasteiger partial charge in [-0.05, 0) is 37.0 Å². The lowest BCUT2D eigenvalue weighted by Crippen LogP contribution is -2.38. The number of rotatable bonds is 5. The molecule has 0 spiro atoms. The van der Waals surface area contributed by atoms with Crippen LogP contribution in [0, 0.1) is 5.92 Å². The molecule has 1 aromatic carbocycles. The molecule has 18 heavy (non-hydrogen) atoms. The number of halogens is 1. The van der Waals surface area contributed by atoms with Crippen molar-refractivity contribution in [1.29, 1.82) is 0 Å². The van der Waals surface area contributed by atoms with Crippen LogP contribution < -0.4 is 15.8 Å². The minimum Gasteiger partial charge on any atom is -0.496 e. The van der Waals surface area contributed by atoms with Gasteiger partial charge in [-0.15, -0.1) is 0 Å². The van der Waals surface area contributed by atoms with E-state index in [1.807, 2.05) is 0 Å². The number of carbonyl (C=O) groups excluding carboxylic acids is 1. The first kappa shape index (κ1) is 13.2. The van der Waals surface area contributed by atoms with Crippen molar-refractivity contribution in [3.63, 3.8) is 0 Å². The van der Waals surface area contributed by atoms with E-state index in [9.17, 15) is 4.79 Å². The summed E-state index contributed by atoms with van der Waals surface area (Å²) in [6, 6.07) is 5.00. The highest BCUT2D eigenvalue weighted by Gasteiger charge is 2.28. The second kappa shape index (κ2) is 5.59. The van der Waals surface area contributed by atoms with E-state index in [-0.39, 0.29) is 11.9 Å². The highest BCUT2D eigenvalue weighted by atomic mass is 35.5. The maximum Gasteiger partial charge on any atom is 0.255 e. The molecule has 1 unspecified atom stereocenters. The van der Waals surface area contributed by atoms with E-state index in [4.69, 9.17) is 22.1 Å². The molecule has 4 nitrogen and oxygen atoms in total. The summed E-state index contributed by atoms with van der Waals surface area (Å²) in [6.45, 7) is 0.485. The Kier molecular flexibility index (Phi) is 4.09. The lowest BCUT2D eigenvalue weighted by atomic mass is 10.1. The van der Waals surface area contributed by atoms with Gasteiger partial charge in [0, 0.05) is 17.6 Å². The van der Waals surface area contributed by atoms with Gasteiger partial charge >= 0.3 is 0 Å². The van der Waals surface area contributed by atoms with Crippen LogP contribution in [0.4, 0.5) is 0 Å². The largest absolute Gasteiger partial charge is 0.496 e. The molecule has 1 aliphatic carbocycles. The van der Waals surface area contributed by atoms with E-state index in [0.29, 0.717) is 28.8 Å². The second-order valence-corrected chi connectivity index (χ2v) is 4.99. The van der Waals surface area contributed by atoms with E-state index in [1.165, 1.54) is 7.11 Å². The normalized spacial score (nSPS) is 16.2. The molecule has 0 bridgehead atoms. The van der Waals surface area contributed by atoms with Gasteiger partial charge in [0.05, 0.1) is 12.7 Å². The minimum absolute atomic E-state index is 0.0409. The molecule has 1 atom stereocenters. The second-order valence-electron chi connectivity index (χ2n) is 4.56. The minimum atomic E-state index is -0.203. The first-order valence-electron chi connectivity index (χ1n) is 5.99. The molecular formula is C13H17ClN2O2. The first-order chi connectivity index (χ1) is 8.61. The smallest absolute Gasteiger partial charge is 0.255 e. The number of methoxy groups -OCH3 is 1. The van der Waals surface area contributed by atoms with Gasteiger partial charge in [0.2, 0.25) is 0 Å². The fourth-order valence-electron chi connectivity index (χ4n) is 1.85. The lowest BCUT2D eigenvalue weighted by molar-refractivity contribution is 0.0947. The molecule has 0 heterocycles. The number of ether oxygens (including phenoxy) is 1. The number of benzene rings is 1. The molecule has 1 fully saturated rings. The van der Waals surface area contributed by atoms with Crippen LogP contribution in [-0.2, 0) is 0 Å². The maximum absolute atomic E-state index is 12.0. The predicted octanol–water partition coefficient (Wildman–Crippen LogP) is 1.82. The van der Waals surface area contributed by atoms with Gasteiger partial charge < -0.3 is 15.8 Å². The van der Waals surface area contributed by atoms with Gasteiger partial charge in [-0.1, -0.05) is 11.6 Å². The van der Waals surface area contributed by atoms with Crippen molar-refractivity contribution in [1.82, 2.24) is 5.32 Å². The fraction of sp³-hybridized carbons (Fsp3) is 0.462. The molecule has 1 saturated carbocycles. The average molecular weight is 269 g/mol. The fourth-order valence-corrected chi connectivity index (χ4v) is 2.03. The van der Waals surface area contributed by atoms with Gasteiger partial charge in [-0.3, -0.25) is 4.79 Å². The molecule has 0 aliphatic heterocycles. The van der Waals surface area contributed by atoms with Crippen molar-refractivity contribution >= 4 is 17.5 Å². The van der Waals surface area contributed by atoms with Crippen LogP contribution in [0.25, 0.3) is 0 Å². The van der Waals surface area contributed by atoms with Crippen molar-refractivity contribution in [2.24, 2.45) is 11.7 Å². The lowest BCUT2D eigenvalue weighted by Gasteiger charge is -2.13. The van der Waals surface area contributed by atoms with Crippen LogP contribution in [0.5, 0.6) is 5.75 Å². The third kappa shape index (κ3) is 3.15. The summed E-state index contributed by atoms with van der Waals surface area (Å²) in [5, 5.41) is 3.33. The van der Waals surface area contributed by atoms with Crippen LogP contribution >= 0.6 is 11.6 Å². The van der Waals surface area contributed by atoms with Gasteiger partial charge in [-0.25, -0.2) is 0 Å². The summed E-state index contributed by atoms with van der Waals surface area (Å²) in [7, 11) is 1.52. The molecule has 0 aromatic heterocycles. The summed E-state index contributed by atoms with van der Waals surface area (Å²) in [6.07, 6.45) is 2.33. The molecular weight excluding hydrogens is 252 g/mol. The summed E-state index contributed by atoms with van der Waals surface area (Å²) >= 11 is 5.88. The van der Waals surface area contributed by atoms with Gasteiger partial charge in [0.1, 0.15) is 5.75 Å². The van der Waals surface area contributed by atoms with Crippen molar-refractivity contribution in [3.8, 4) is 5.75 Å². The Hall–Kier alpha value is -1.26. The quantitative estimate of drug-likeness (QED) is 0.856. The Balaban J connectivity index is 2.00. The Morgan fingerprint density at radius 1 is 1.61 bits per heavy atom. The standard InChI is InChI=1S/C13H17ClN2O2/c1-18-12-5-4-9(14)6-10(12)13(17)16-7-11(15)8-2-3-8/h4-6,8,11H,2-3,7,15H2,1H3,(H,16,17). The van der Waals surface area contributed by atoms with Gasteiger partial charge in [0.25, 0.3) is 5.91 Å². The van der Waals surface area contributed by atoms with E-state index in [2.05, 4.69) is 5.32 Å². The topological polar surface area (TPSA) is 64.3 Å². The Morgan fingerprint density at radius 3 is 2.94 bits per heavy atom. The molecule has 0 radical (unpaired) electrons. The maximum atomic E-state index is 12.0. The van der Waals surface area contributed by atoms with Crippen molar-refractivity contribution in [3.05, 3.63) is 28.8 Å². The number of amides is 1. The van der Waals surface area contributed by atoms with Crippen LogP contribution in [0.2, 0.25) is 5.02 Å². The van der Waals surface area contributed by atoms with Crippen LogP contribution in [-0.4, -0.2) is 25.6 Å². The Morgan fingerprint density at radius 2 is 2.33 bits per heavy atom. The SMILES string of the molecule is COc1ccc(Cl)cc1C(=O)NCC(N)C1CC1. The predicted molar refractivity (Wildman–Crippen MR) is 71.0 cm³/mol. The zero-order valence-corrected chi connectivity index (χ0v) is 11.0. The highest BCUT2D eigenvalue weighted by Crippen LogP contribution is 2.31. The van der Waals surface area contributed by atoms with E-state index >= 15 is 0 Å². The van der Waals surface area contributed by atoms with Crippen molar-refractivity contribution in [2.45, 2.75) is 18.9 Å². The Labute approximate surface area is 111 Å². The number of nitrogens with one attached hydrogen (secondary N) is 1. The zero-order chi connectivity index (χ0) is 13.1. The molecule has 0 saturated heterocycles. The van der Waals surface area contributed by atoms with E-state index in [0.717, 1.165) is 12.8 Å². The van der Waals surface area contributed by atoms with E-state index in [1.54, 1.807) is 18.2 Å². The molecule has 98 valence electrons. The molecule has 1 aromatic rings. The third-order valence-electron chi connectivity index (χ3n) is 3.13. The first-order valence-corrected chi connectivity index (χ1v) is 6.37. The molecule has 1 amide bonds. The van der Waals surface area contributed by atoms with E-state index < -0.39 is 0 Å². The van der Waals surface area contributed by atoms with Gasteiger partial charge in [-0.2, -0.15) is 0 Å². The number of carbonyl (C=O) groups is 1. The molecule has 2 rings (SSSR count). The monoisotopic (exact) mass is 268 g/mol. The van der Waals surface area contributed by atoms with Gasteiger partial charge in [0.15, 0.2) is 0 Å². The number of nitrogens with two attached hydrogens (primary N) is 1. The number of hydrogen-bond donors (Lipinski definition) is 2. The van der Waals surface area contributed by atoms with Crippen LogP contribution in [0.15, 0.2) is 18.2 Å². The molecule has 1 aliphatic rings. The van der Waals surface area contributed by atoms with Crippen LogP contribution in [0.3, 0.4) is 0 Å². The summed E-state index contributed by atoms with van der Waals surface area (Å²) in [5.74, 6) is 0.869. The molecule has 3 N–H and O–H groups in total. The highest BCUT2D eigenvalue weighted by molar-refractivity contribution is 6.31. The molecule has 5 heteroatoms. The third-order valence-corrected chi connectivity index (χ3v) is 3.37. The zero-order valence-electron chi connectivity index (χ0n) is 10.3. The van der Waals surface area contributed by atoms with Crippen molar-refractivity contribution in [2.75, 3.05) is 13.7 Å². The Bertz CT molecular complexity index is 447. The van der Waals surface area contributed by atoms with Crippen LogP contribution in [0.1, 0.15) is 23.2 Å². The summed E-state index contributed by atoms with van der Waals surface area (Å²) in [5.41, 5.74) is 6.37. The summed E-state index contributed by atoms with van der Waals surface area (Å²) in [4.78, 5) is 12.0. The van der Waals surface area contributed by atoms with Crippen molar-refractivity contribution < 1.29 is 9.53 Å². The summed E-state index contributed by atoms with van der Waals surface area (Å²) < 4.78 is 5.14. The number of hydrogen-bond acceptors (Lipinski definition) is 3. The average Bonchev–Trinajstić information content (AvgIpc) is 3.19.